The Balaban J connectivity index is 2.15. The van der Waals surface area contributed by atoms with Gasteiger partial charge in [0, 0.05) is 12.1 Å². The number of nitrogens with one attached hydrogen (secondary N) is 1. The molecule has 0 unspecified atom stereocenters. The molecular formula is C13H12BrN3O2S. The minimum absolute atomic E-state index is 0.388. The molecule has 3 heterocycles. The lowest BCUT2D eigenvalue weighted by molar-refractivity contribution is 0.0592. The van der Waals surface area contributed by atoms with Crippen LogP contribution in [0.3, 0.4) is 0 Å². The van der Waals surface area contributed by atoms with Crippen LogP contribution in [-0.2, 0) is 17.7 Å². The molecule has 3 rings (SSSR count). The molecule has 0 saturated carbocycles. The van der Waals surface area contributed by atoms with Gasteiger partial charge in [-0.3, -0.25) is 0 Å². The van der Waals surface area contributed by atoms with E-state index in [-0.39, 0.29) is 0 Å². The number of carbonyl (C=O) groups is 1. The smallest absolute Gasteiger partial charge is 0.357 e. The van der Waals surface area contributed by atoms with Crippen molar-refractivity contribution in [3.05, 3.63) is 32.9 Å². The molecule has 2 aromatic heterocycles. The van der Waals surface area contributed by atoms with Crippen LogP contribution in [0.25, 0.3) is 10.7 Å². The summed E-state index contributed by atoms with van der Waals surface area (Å²) in [6, 6.07) is 3.88. The first kappa shape index (κ1) is 13.7. The van der Waals surface area contributed by atoms with Crippen LogP contribution in [0.1, 0.15) is 21.7 Å². The van der Waals surface area contributed by atoms with Gasteiger partial charge in [0.15, 0.2) is 11.5 Å². The van der Waals surface area contributed by atoms with Gasteiger partial charge >= 0.3 is 5.97 Å². The van der Waals surface area contributed by atoms with Gasteiger partial charge in [-0.25, -0.2) is 14.8 Å². The fourth-order valence-electron chi connectivity index (χ4n) is 2.17. The fourth-order valence-corrected chi connectivity index (χ4v) is 3.49. The largest absolute Gasteiger partial charge is 0.464 e. The average Bonchev–Trinajstić information content (AvgIpc) is 2.92. The molecule has 0 aromatic carbocycles. The van der Waals surface area contributed by atoms with Gasteiger partial charge in [-0.2, -0.15) is 0 Å². The van der Waals surface area contributed by atoms with Gasteiger partial charge in [0.1, 0.15) is 0 Å². The molecule has 0 radical (unpaired) electrons. The number of esters is 1. The minimum atomic E-state index is -0.401. The van der Waals surface area contributed by atoms with Gasteiger partial charge in [0.05, 0.1) is 21.5 Å². The average molecular weight is 354 g/mol. The molecular weight excluding hydrogens is 342 g/mol. The number of hydrogen-bond acceptors (Lipinski definition) is 6. The van der Waals surface area contributed by atoms with Gasteiger partial charge in [0.2, 0.25) is 0 Å². The summed E-state index contributed by atoms with van der Waals surface area (Å²) in [6.07, 6.45) is 0.744. The highest BCUT2D eigenvalue weighted by molar-refractivity contribution is 9.11. The van der Waals surface area contributed by atoms with E-state index < -0.39 is 5.97 Å². The Morgan fingerprint density at radius 2 is 2.30 bits per heavy atom. The molecule has 1 N–H and O–H groups in total. The monoisotopic (exact) mass is 353 g/mol. The summed E-state index contributed by atoms with van der Waals surface area (Å²) in [4.78, 5) is 21.9. The van der Waals surface area contributed by atoms with Gasteiger partial charge in [-0.15, -0.1) is 11.3 Å². The number of aromatic nitrogens is 2. The molecule has 0 spiro atoms. The number of halogens is 1. The zero-order valence-electron chi connectivity index (χ0n) is 10.8. The Bertz CT molecular complexity index is 672. The SMILES string of the molecule is COC(=O)c1nc(-c2ccc(Br)s2)nc2c1CCNC2. The molecule has 2 aromatic rings. The Labute approximate surface area is 128 Å². The first-order valence-electron chi connectivity index (χ1n) is 6.13. The third-order valence-corrected chi connectivity index (χ3v) is 4.73. The third kappa shape index (κ3) is 2.48. The van der Waals surface area contributed by atoms with Crippen molar-refractivity contribution in [3.8, 4) is 10.7 Å². The van der Waals surface area contributed by atoms with Gasteiger partial charge in [-0.1, -0.05) is 0 Å². The maximum atomic E-state index is 11.9. The van der Waals surface area contributed by atoms with Crippen molar-refractivity contribution in [1.82, 2.24) is 15.3 Å². The van der Waals surface area contributed by atoms with Gasteiger partial charge in [0.25, 0.3) is 0 Å². The predicted molar refractivity (Wildman–Crippen MR) is 79.8 cm³/mol. The molecule has 0 aliphatic carbocycles. The summed E-state index contributed by atoms with van der Waals surface area (Å²) in [6.45, 7) is 1.48. The Kier molecular flexibility index (Phi) is 3.82. The number of methoxy groups -OCH3 is 1. The predicted octanol–water partition coefficient (Wildman–Crippen LogP) is 2.40. The van der Waals surface area contributed by atoms with E-state index in [1.807, 2.05) is 12.1 Å². The van der Waals surface area contributed by atoms with E-state index in [0.29, 0.717) is 18.1 Å². The summed E-state index contributed by atoms with van der Waals surface area (Å²) in [7, 11) is 1.37. The lowest BCUT2D eigenvalue weighted by Gasteiger charge is -2.18. The Morgan fingerprint density at radius 1 is 1.45 bits per heavy atom. The van der Waals surface area contributed by atoms with E-state index in [4.69, 9.17) is 4.74 Å². The molecule has 0 saturated heterocycles. The molecule has 5 nitrogen and oxygen atoms in total. The van der Waals surface area contributed by atoms with E-state index in [1.165, 1.54) is 18.4 Å². The third-order valence-electron chi connectivity index (χ3n) is 3.11. The highest BCUT2D eigenvalue weighted by Crippen LogP contribution is 2.30. The second-order valence-corrected chi connectivity index (χ2v) is 6.81. The lowest BCUT2D eigenvalue weighted by Crippen LogP contribution is -2.28. The van der Waals surface area contributed by atoms with Gasteiger partial charge in [-0.05, 0) is 41.0 Å². The topological polar surface area (TPSA) is 64.1 Å². The summed E-state index contributed by atoms with van der Waals surface area (Å²) >= 11 is 4.96. The van der Waals surface area contributed by atoms with Crippen molar-refractivity contribution >= 4 is 33.2 Å². The number of fused-ring (bicyclic) bond motifs is 1. The molecule has 0 atom stereocenters. The van der Waals surface area contributed by atoms with Crippen molar-refractivity contribution in [2.45, 2.75) is 13.0 Å². The van der Waals surface area contributed by atoms with Crippen LogP contribution in [-0.4, -0.2) is 29.6 Å². The Hall–Kier alpha value is -1.31. The van der Waals surface area contributed by atoms with Crippen LogP contribution in [0.2, 0.25) is 0 Å². The second kappa shape index (κ2) is 5.59. The lowest BCUT2D eigenvalue weighted by atomic mass is 10.0. The van der Waals surface area contributed by atoms with Crippen molar-refractivity contribution in [3.63, 3.8) is 0 Å². The minimum Gasteiger partial charge on any atom is -0.464 e. The molecule has 104 valence electrons. The summed E-state index contributed by atoms with van der Waals surface area (Å²) < 4.78 is 5.85. The quantitative estimate of drug-likeness (QED) is 0.839. The highest BCUT2D eigenvalue weighted by atomic mass is 79.9. The van der Waals surface area contributed by atoms with Crippen LogP contribution in [0.15, 0.2) is 15.9 Å². The van der Waals surface area contributed by atoms with Crippen LogP contribution in [0.5, 0.6) is 0 Å². The van der Waals surface area contributed by atoms with Crippen molar-refractivity contribution < 1.29 is 9.53 Å². The van der Waals surface area contributed by atoms with Crippen molar-refractivity contribution in [2.75, 3.05) is 13.7 Å². The zero-order valence-corrected chi connectivity index (χ0v) is 13.2. The first-order valence-corrected chi connectivity index (χ1v) is 7.74. The second-order valence-electron chi connectivity index (χ2n) is 4.34. The summed E-state index contributed by atoms with van der Waals surface area (Å²) in [5.41, 5.74) is 2.17. The van der Waals surface area contributed by atoms with E-state index in [2.05, 4.69) is 31.2 Å². The van der Waals surface area contributed by atoms with E-state index in [0.717, 1.165) is 32.9 Å². The summed E-state index contributed by atoms with van der Waals surface area (Å²) in [5.74, 6) is 0.172. The van der Waals surface area contributed by atoms with Crippen LogP contribution in [0.4, 0.5) is 0 Å². The maximum absolute atomic E-state index is 11.9. The zero-order chi connectivity index (χ0) is 14.1. The fraction of sp³-hybridized carbons (Fsp3) is 0.308. The first-order chi connectivity index (χ1) is 9.69. The number of nitrogens with zero attached hydrogens (tertiary/aromatic N) is 2. The normalized spacial score (nSPS) is 13.9. The Morgan fingerprint density at radius 3 is 3.00 bits per heavy atom. The van der Waals surface area contributed by atoms with E-state index in [9.17, 15) is 4.79 Å². The molecule has 0 amide bonds. The van der Waals surface area contributed by atoms with Crippen molar-refractivity contribution in [1.29, 1.82) is 0 Å². The number of thiophene rings is 1. The van der Waals surface area contributed by atoms with Crippen molar-refractivity contribution in [2.24, 2.45) is 0 Å². The number of ether oxygens (including phenoxy) is 1. The summed E-state index contributed by atoms with van der Waals surface area (Å²) in [5, 5.41) is 3.26. The molecule has 0 bridgehead atoms. The maximum Gasteiger partial charge on any atom is 0.357 e. The highest BCUT2D eigenvalue weighted by Gasteiger charge is 2.23. The molecule has 1 aliphatic heterocycles. The number of carbonyl (C=O) groups excluding carboxylic acids is 1. The van der Waals surface area contributed by atoms with E-state index in [1.54, 1.807) is 0 Å². The number of hydrogen-bond donors (Lipinski definition) is 1. The van der Waals surface area contributed by atoms with Crippen LogP contribution >= 0.6 is 27.3 Å². The van der Waals surface area contributed by atoms with Crippen LogP contribution in [0, 0.1) is 0 Å². The van der Waals surface area contributed by atoms with E-state index >= 15 is 0 Å². The molecule has 0 fully saturated rings. The standard InChI is InChI=1S/C13H12BrN3O2S/c1-19-13(18)11-7-4-5-15-6-8(7)16-12(17-11)9-2-3-10(14)20-9/h2-3,15H,4-6H2,1H3. The molecule has 1 aliphatic rings. The number of rotatable bonds is 2. The van der Waals surface area contributed by atoms with Gasteiger partial charge < -0.3 is 10.1 Å². The van der Waals surface area contributed by atoms with Crippen LogP contribution < -0.4 is 5.32 Å². The molecule has 7 heteroatoms. The molecule has 20 heavy (non-hydrogen) atoms.